The first-order valence-corrected chi connectivity index (χ1v) is 17.2. The fraction of sp³-hybridized carbons (Fsp3) is 0.200. The van der Waals surface area contributed by atoms with Crippen LogP contribution in [-0.4, -0.2) is 57.3 Å². The highest BCUT2D eigenvalue weighted by Crippen LogP contribution is 2.27. The smallest absolute Gasteiger partial charge is 0.231 e. The maximum Gasteiger partial charge on any atom is 0.231 e. The van der Waals surface area contributed by atoms with Gasteiger partial charge in [-0.15, -0.1) is 0 Å². The molecule has 3 N–H and O–H groups in total. The molecule has 44 heavy (non-hydrogen) atoms. The molecule has 0 atom stereocenters. The number of nitrogens with zero attached hydrogens (tertiary/aromatic N) is 4. The fourth-order valence-corrected chi connectivity index (χ4v) is 5.15. The monoisotopic (exact) mass is 635 g/mol. The Hall–Kier alpha value is -4.82. The normalized spacial score (nSPS) is 12.5. The summed E-state index contributed by atoms with van der Waals surface area (Å²) in [5.74, 6) is 1.55. The molecule has 1 heterocycles. The molecule has 0 spiro atoms. The van der Waals surface area contributed by atoms with E-state index >= 15 is 0 Å². The van der Waals surface area contributed by atoms with Crippen molar-refractivity contribution in [2.45, 2.75) is 30.6 Å². The molecule has 4 rings (SSSR count). The first kappa shape index (κ1) is 32.1. The zero-order chi connectivity index (χ0) is 31.9. The van der Waals surface area contributed by atoms with Gasteiger partial charge in [0, 0.05) is 18.6 Å². The topological polar surface area (TPSA) is 164 Å². The summed E-state index contributed by atoms with van der Waals surface area (Å²) in [6.45, 7) is 5.93. The summed E-state index contributed by atoms with van der Waals surface area (Å²) in [6.07, 6.45) is 2.31. The van der Waals surface area contributed by atoms with Crippen molar-refractivity contribution in [1.29, 1.82) is 0 Å². The van der Waals surface area contributed by atoms with Crippen LogP contribution in [0.2, 0.25) is 0 Å². The molecule has 0 radical (unpaired) electrons. The third-order valence-corrected chi connectivity index (χ3v) is 8.49. The molecule has 0 saturated heterocycles. The second-order valence-electron chi connectivity index (χ2n) is 9.73. The summed E-state index contributed by atoms with van der Waals surface area (Å²) >= 11 is 0. The number of benzene rings is 3. The molecule has 0 fully saturated rings. The minimum absolute atomic E-state index is 0.221. The number of rotatable bonds is 12. The number of hydrogen-bond acceptors (Lipinski definition) is 12. The molecule has 3 aromatic carbocycles. The van der Waals surface area contributed by atoms with Gasteiger partial charge in [0.25, 0.3) is 0 Å². The van der Waals surface area contributed by atoms with Crippen molar-refractivity contribution in [2.75, 3.05) is 35.3 Å². The van der Waals surface area contributed by atoms with Crippen molar-refractivity contribution in [2.24, 2.45) is 10.2 Å². The SMILES string of the molecule is CCOc1ccccc1Nc1nc(NN=C(C)c2ccc(S(C)(=O)=O)cc2)cc(NN=C(C)c2ccc(S(C)(=O)=O)cc2)n1. The first-order valence-electron chi connectivity index (χ1n) is 13.4. The van der Waals surface area contributed by atoms with E-state index in [1.807, 2.05) is 31.2 Å². The molecule has 14 heteroatoms. The Bertz CT molecular complexity index is 1800. The Morgan fingerprint density at radius 1 is 0.727 bits per heavy atom. The maximum absolute atomic E-state index is 11.8. The van der Waals surface area contributed by atoms with Crippen LogP contribution in [0.3, 0.4) is 0 Å². The quantitative estimate of drug-likeness (QED) is 0.141. The zero-order valence-electron chi connectivity index (χ0n) is 24.9. The highest BCUT2D eigenvalue weighted by molar-refractivity contribution is 7.91. The molecule has 230 valence electrons. The Morgan fingerprint density at radius 2 is 1.18 bits per heavy atom. The second-order valence-corrected chi connectivity index (χ2v) is 13.8. The molecule has 0 aliphatic heterocycles. The Balaban J connectivity index is 1.62. The van der Waals surface area contributed by atoms with Crippen LogP contribution in [0.1, 0.15) is 31.9 Å². The summed E-state index contributed by atoms with van der Waals surface area (Å²) in [4.78, 5) is 9.52. The van der Waals surface area contributed by atoms with E-state index in [1.165, 1.54) is 24.3 Å². The summed E-state index contributed by atoms with van der Waals surface area (Å²) < 4.78 is 52.9. The number of nitrogens with one attached hydrogen (secondary N) is 3. The van der Waals surface area contributed by atoms with Gasteiger partial charge in [-0.2, -0.15) is 20.2 Å². The minimum Gasteiger partial charge on any atom is -0.492 e. The van der Waals surface area contributed by atoms with Crippen molar-refractivity contribution in [3.05, 3.63) is 90.0 Å². The number of sulfone groups is 2. The second kappa shape index (κ2) is 13.7. The van der Waals surface area contributed by atoms with E-state index in [1.54, 1.807) is 44.2 Å². The van der Waals surface area contributed by atoms with Gasteiger partial charge in [-0.3, -0.25) is 10.9 Å². The third kappa shape index (κ3) is 8.61. The van der Waals surface area contributed by atoms with Crippen molar-refractivity contribution in [3.8, 4) is 5.75 Å². The number of ether oxygens (including phenoxy) is 1. The van der Waals surface area contributed by atoms with Gasteiger partial charge < -0.3 is 10.1 Å². The lowest BCUT2D eigenvalue weighted by molar-refractivity contribution is 0.342. The molecular formula is C30H33N7O5S2. The van der Waals surface area contributed by atoms with Gasteiger partial charge in [0.05, 0.1) is 33.5 Å². The van der Waals surface area contributed by atoms with Crippen LogP contribution >= 0.6 is 0 Å². The van der Waals surface area contributed by atoms with E-state index < -0.39 is 19.7 Å². The van der Waals surface area contributed by atoms with Gasteiger partial charge in [-0.25, -0.2) is 16.8 Å². The van der Waals surface area contributed by atoms with Crippen molar-refractivity contribution < 1.29 is 21.6 Å². The van der Waals surface area contributed by atoms with Crippen molar-refractivity contribution >= 4 is 54.4 Å². The standard InChI is InChI=1S/C30H33N7O5S2/c1-6-42-27-10-8-7-9-26(27)31-30-32-28(36-34-20(2)22-11-15-24(16-12-22)43(4,38)39)19-29(33-30)37-35-21(3)23-13-17-25(18-14-23)44(5,40)41/h7-19H,6H2,1-5H3,(H3,31,32,33,36,37). The minimum atomic E-state index is -3.31. The predicted molar refractivity (Wildman–Crippen MR) is 174 cm³/mol. The molecule has 0 bridgehead atoms. The Kier molecular flexibility index (Phi) is 9.96. The molecule has 12 nitrogen and oxygen atoms in total. The molecule has 0 amide bonds. The number of anilines is 4. The molecule has 0 unspecified atom stereocenters. The average molecular weight is 636 g/mol. The van der Waals surface area contributed by atoms with Gasteiger partial charge >= 0.3 is 0 Å². The molecule has 0 aliphatic rings. The zero-order valence-corrected chi connectivity index (χ0v) is 26.5. The summed E-state index contributed by atoms with van der Waals surface area (Å²) in [5.41, 5.74) is 9.18. The van der Waals surface area contributed by atoms with Crippen LogP contribution in [0, 0.1) is 0 Å². The van der Waals surface area contributed by atoms with Crippen LogP contribution in [-0.2, 0) is 19.7 Å². The lowest BCUT2D eigenvalue weighted by Crippen LogP contribution is -2.07. The highest BCUT2D eigenvalue weighted by Gasteiger charge is 2.11. The molecule has 0 saturated carbocycles. The third-order valence-electron chi connectivity index (χ3n) is 6.24. The van der Waals surface area contributed by atoms with E-state index in [-0.39, 0.29) is 15.7 Å². The van der Waals surface area contributed by atoms with Crippen LogP contribution in [0.5, 0.6) is 5.75 Å². The predicted octanol–water partition coefficient (Wildman–Crippen LogP) is 5.10. The van der Waals surface area contributed by atoms with Gasteiger partial charge in [0.2, 0.25) is 5.95 Å². The average Bonchev–Trinajstić information content (AvgIpc) is 2.99. The first-order chi connectivity index (χ1) is 20.8. The van der Waals surface area contributed by atoms with Crippen molar-refractivity contribution in [1.82, 2.24) is 9.97 Å². The lowest BCUT2D eigenvalue weighted by Gasteiger charge is -2.13. The van der Waals surface area contributed by atoms with Crippen LogP contribution in [0.25, 0.3) is 0 Å². The van der Waals surface area contributed by atoms with Crippen LogP contribution in [0.4, 0.5) is 23.3 Å². The Labute approximate surface area is 257 Å². The largest absolute Gasteiger partial charge is 0.492 e. The van der Waals surface area contributed by atoms with E-state index in [2.05, 4.69) is 36.3 Å². The summed E-state index contributed by atoms with van der Waals surface area (Å²) in [5, 5.41) is 12.0. The number of aromatic nitrogens is 2. The molecule has 0 aliphatic carbocycles. The summed E-state index contributed by atoms with van der Waals surface area (Å²) in [7, 11) is -6.62. The lowest BCUT2D eigenvalue weighted by atomic mass is 10.1. The van der Waals surface area contributed by atoms with E-state index in [0.717, 1.165) is 23.6 Å². The molecule has 4 aromatic rings. The maximum atomic E-state index is 11.8. The number of hydrogen-bond donors (Lipinski definition) is 3. The van der Waals surface area contributed by atoms with Gasteiger partial charge in [0.15, 0.2) is 31.3 Å². The van der Waals surface area contributed by atoms with E-state index in [9.17, 15) is 16.8 Å². The van der Waals surface area contributed by atoms with Gasteiger partial charge in [-0.1, -0.05) is 36.4 Å². The fourth-order valence-electron chi connectivity index (χ4n) is 3.89. The summed E-state index contributed by atoms with van der Waals surface area (Å²) in [6, 6.07) is 21.9. The number of hydrazone groups is 2. The van der Waals surface area contributed by atoms with E-state index in [0.29, 0.717) is 41.1 Å². The van der Waals surface area contributed by atoms with Crippen LogP contribution in [0.15, 0.2) is 98.9 Å². The van der Waals surface area contributed by atoms with Gasteiger partial charge in [0.1, 0.15) is 5.75 Å². The number of para-hydroxylation sites is 2. The Morgan fingerprint density at radius 3 is 1.61 bits per heavy atom. The van der Waals surface area contributed by atoms with E-state index in [4.69, 9.17) is 4.74 Å². The van der Waals surface area contributed by atoms with Crippen molar-refractivity contribution in [3.63, 3.8) is 0 Å². The van der Waals surface area contributed by atoms with Gasteiger partial charge in [-0.05, 0) is 68.3 Å². The van der Waals surface area contributed by atoms with Crippen LogP contribution < -0.4 is 20.9 Å². The molecule has 1 aromatic heterocycles. The highest BCUT2D eigenvalue weighted by atomic mass is 32.2. The molecular weight excluding hydrogens is 603 g/mol.